The van der Waals surface area contributed by atoms with E-state index in [0.717, 1.165) is 25.9 Å². The number of carbonyl (C=O) groups is 2. The lowest BCUT2D eigenvalue weighted by molar-refractivity contribution is -0.120. The van der Waals surface area contributed by atoms with Gasteiger partial charge in [-0.3, -0.25) is 9.59 Å². The molecule has 5 nitrogen and oxygen atoms in total. The lowest BCUT2D eigenvalue weighted by Gasteiger charge is -2.36. The van der Waals surface area contributed by atoms with E-state index in [2.05, 4.69) is 11.9 Å². The van der Waals surface area contributed by atoms with Gasteiger partial charge in [-0.25, -0.2) is 9.29 Å². The van der Waals surface area contributed by atoms with Crippen LogP contribution in [0.3, 0.4) is 0 Å². The maximum atomic E-state index is 13.7. The number of amides is 2. The van der Waals surface area contributed by atoms with E-state index in [4.69, 9.17) is 11.6 Å². The highest BCUT2D eigenvalue weighted by Crippen LogP contribution is 2.38. The van der Waals surface area contributed by atoms with Crippen LogP contribution >= 0.6 is 11.6 Å². The quantitative estimate of drug-likeness (QED) is 0.670. The molecule has 0 aromatic heterocycles. The van der Waals surface area contributed by atoms with Gasteiger partial charge in [0.15, 0.2) is 0 Å². The van der Waals surface area contributed by atoms with Gasteiger partial charge in [0.25, 0.3) is 11.8 Å². The molecule has 2 aliphatic heterocycles. The first-order valence-electron chi connectivity index (χ1n) is 10.3. The van der Waals surface area contributed by atoms with Crippen LogP contribution in [0, 0.1) is 12.7 Å². The van der Waals surface area contributed by atoms with Crippen molar-refractivity contribution in [3.63, 3.8) is 0 Å². The summed E-state index contributed by atoms with van der Waals surface area (Å²) in [5, 5.41) is 0.485. The van der Waals surface area contributed by atoms with Crippen molar-refractivity contribution in [1.29, 1.82) is 0 Å². The molecule has 0 N–H and O–H groups in total. The molecule has 2 aromatic carbocycles. The van der Waals surface area contributed by atoms with Gasteiger partial charge in [0.05, 0.1) is 11.3 Å². The summed E-state index contributed by atoms with van der Waals surface area (Å²) in [6.07, 6.45) is 1.79. The fraction of sp³-hybridized carbons (Fsp3) is 0.333. The van der Waals surface area contributed by atoms with Gasteiger partial charge < -0.3 is 9.80 Å². The lowest BCUT2D eigenvalue weighted by Crippen LogP contribution is -2.43. The van der Waals surface area contributed by atoms with Crippen LogP contribution in [0.5, 0.6) is 0 Å². The van der Waals surface area contributed by atoms with Crippen LogP contribution in [-0.4, -0.2) is 54.8 Å². The minimum Gasteiger partial charge on any atom is -0.366 e. The van der Waals surface area contributed by atoms with Gasteiger partial charge >= 0.3 is 0 Å². The number of carbonyl (C=O) groups excluding carboxylic acids is 2. The zero-order valence-corrected chi connectivity index (χ0v) is 18.6. The molecule has 1 saturated heterocycles. The van der Waals surface area contributed by atoms with Crippen LogP contribution in [0.1, 0.15) is 24.0 Å². The summed E-state index contributed by atoms with van der Waals surface area (Å²) in [5.74, 6) is -1.19. The Bertz CT molecular complexity index is 1060. The van der Waals surface area contributed by atoms with Crippen molar-refractivity contribution in [3.8, 4) is 0 Å². The fourth-order valence-corrected chi connectivity index (χ4v) is 4.51. The summed E-state index contributed by atoms with van der Waals surface area (Å²) in [6.45, 7) is 3.63. The molecule has 0 spiro atoms. The highest BCUT2D eigenvalue weighted by molar-refractivity contribution is 6.46. The number of halogens is 2. The average Bonchev–Trinajstić information content (AvgIpc) is 3.01. The first kappa shape index (κ1) is 21.5. The third-order valence-electron chi connectivity index (χ3n) is 6.26. The molecule has 0 bridgehead atoms. The Morgan fingerprint density at radius 2 is 1.68 bits per heavy atom. The van der Waals surface area contributed by atoms with Crippen molar-refractivity contribution < 1.29 is 14.0 Å². The van der Waals surface area contributed by atoms with Crippen LogP contribution in [0.15, 0.2) is 48.2 Å². The van der Waals surface area contributed by atoms with E-state index in [1.807, 2.05) is 11.9 Å². The fourth-order valence-electron chi connectivity index (χ4n) is 4.34. The molecule has 31 heavy (non-hydrogen) atoms. The van der Waals surface area contributed by atoms with Gasteiger partial charge in [0, 0.05) is 18.1 Å². The van der Waals surface area contributed by atoms with E-state index in [1.165, 1.54) is 17.0 Å². The van der Waals surface area contributed by atoms with Crippen LogP contribution in [0.25, 0.3) is 5.57 Å². The van der Waals surface area contributed by atoms with E-state index >= 15 is 0 Å². The third kappa shape index (κ3) is 3.86. The first-order valence-corrected chi connectivity index (χ1v) is 10.7. The predicted octanol–water partition coefficient (Wildman–Crippen LogP) is 4.10. The molecule has 2 amide bonds. The molecule has 162 valence electrons. The highest BCUT2D eigenvalue weighted by atomic mass is 35.5. The van der Waals surface area contributed by atoms with Crippen molar-refractivity contribution in [2.24, 2.45) is 0 Å². The Kier molecular flexibility index (Phi) is 5.86. The topological polar surface area (TPSA) is 43.9 Å². The molecular formula is C24H25ClFN3O2. The smallest absolute Gasteiger partial charge is 0.282 e. The maximum absolute atomic E-state index is 13.7. The molecule has 2 aromatic rings. The summed E-state index contributed by atoms with van der Waals surface area (Å²) in [6, 6.07) is 11.0. The zero-order chi connectivity index (χ0) is 22.3. The number of imide groups is 1. The Morgan fingerprint density at radius 3 is 2.32 bits per heavy atom. The van der Waals surface area contributed by atoms with Crippen LogP contribution in [-0.2, 0) is 9.59 Å². The number of likely N-dealkylation sites (tertiary alicyclic amines) is 1. The number of likely N-dealkylation sites (N-methyl/N-ethyl adjacent to an activating group) is 1. The van der Waals surface area contributed by atoms with Crippen molar-refractivity contribution >= 4 is 34.7 Å². The second-order valence-corrected chi connectivity index (χ2v) is 8.61. The number of piperidine rings is 1. The molecule has 0 saturated carbocycles. The van der Waals surface area contributed by atoms with Crippen molar-refractivity contribution in [3.05, 3.63) is 70.1 Å². The maximum Gasteiger partial charge on any atom is 0.282 e. The van der Waals surface area contributed by atoms with Crippen LogP contribution in [0.2, 0.25) is 5.02 Å². The van der Waals surface area contributed by atoms with E-state index in [1.54, 1.807) is 37.3 Å². The van der Waals surface area contributed by atoms with Gasteiger partial charge in [-0.1, -0.05) is 29.8 Å². The van der Waals surface area contributed by atoms with Crippen molar-refractivity contribution in [2.45, 2.75) is 25.8 Å². The molecule has 2 aliphatic rings. The molecular weight excluding hydrogens is 417 g/mol. The molecule has 0 unspecified atom stereocenters. The summed E-state index contributed by atoms with van der Waals surface area (Å²) in [7, 11) is 3.95. The Hall–Kier alpha value is -2.70. The molecule has 0 radical (unpaired) electrons. The standard InChI is InChI=1S/C24H25ClFN3O2/c1-15-19(25)5-4-6-20(15)29-23(30)21(16-7-9-17(26)10-8-16)22(24(29)31)28(3)18-11-13-27(2)14-12-18/h4-10,18H,11-14H2,1-3H3. The van der Waals surface area contributed by atoms with Crippen LogP contribution < -0.4 is 4.90 Å². The number of hydrogen-bond acceptors (Lipinski definition) is 4. The number of hydrogen-bond donors (Lipinski definition) is 0. The number of anilines is 1. The van der Waals surface area contributed by atoms with Crippen molar-refractivity contribution in [2.75, 3.05) is 32.1 Å². The van der Waals surface area contributed by atoms with Gasteiger partial charge in [0.2, 0.25) is 0 Å². The van der Waals surface area contributed by atoms with Crippen LogP contribution in [0.4, 0.5) is 10.1 Å². The molecule has 0 atom stereocenters. The van der Waals surface area contributed by atoms with Crippen molar-refractivity contribution in [1.82, 2.24) is 9.80 Å². The number of nitrogens with zero attached hydrogens (tertiary/aromatic N) is 3. The zero-order valence-electron chi connectivity index (χ0n) is 17.9. The van der Waals surface area contributed by atoms with Gasteiger partial charge in [-0.15, -0.1) is 0 Å². The van der Waals surface area contributed by atoms with E-state index < -0.39 is 11.7 Å². The monoisotopic (exact) mass is 441 g/mol. The molecule has 1 fully saturated rings. The molecule has 0 aliphatic carbocycles. The number of rotatable bonds is 4. The molecule has 2 heterocycles. The summed E-state index contributed by atoms with van der Waals surface area (Å²) < 4.78 is 13.6. The lowest BCUT2D eigenvalue weighted by atomic mass is 10.00. The molecule has 7 heteroatoms. The van der Waals surface area contributed by atoms with E-state index in [-0.39, 0.29) is 11.9 Å². The number of benzene rings is 2. The summed E-state index contributed by atoms with van der Waals surface area (Å²) in [4.78, 5) is 32.6. The van der Waals surface area contributed by atoms with Gasteiger partial charge in [-0.05, 0) is 75.3 Å². The Labute approximate surface area is 186 Å². The Balaban J connectivity index is 1.81. The Morgan fingerprint density at radius 1 is 1.03 bits per heavy atom. The van der Waals surface area contributed by atoms with E-state index in [9.17, 15) is 14.0 Å². The van der Waals surface area contributed by atoms with Gasteiger partial charge in [0.1, 0.15) is 11.5 Å². The largest absolute Gasteiger partial charge is 0.366 e. The minimum atomic E-state index is -0.420. The minimum absolute atomic E-state index is 0.138. The average molecular weight is 442 g/mol. The third-order valence-corrected chi connectivity index (χ3v) is 6.67. The molecule has 4 rings (SSSR count). The van der Waals surface area contributed by atoms with E-state index in [0.29, 0.717) is 33.1 Å². The van der Waals surface area contributed by atoms with Gasteiger partial charge in [-0.2, -0.15) is 0 Å². The highest BCUT2D eigenvalue weighted by Gasteiger charge is 2.43. The second-order valence-electron chi connectivity index (χ2n) is 8.21. The SMILES string of the molecule is Cc1c(Cl)cccc1N1C(=O)C(c2ccc(F)cc2)=C(N(C)C2CCN(C)CC2)C1=O. The normalized spacial score (nSPS) is 18.3. The summed E-state index contributed by atoms with van der Waals surface area (Å²) in [5.41, 5.74) is 2.30. The predicted molar refractivity (Wildman–Crippen MR) is 120 cm³/mol. The second kappa shape index (κ2) is 8.44. The first-order chi connectivity index (χ1) is 14.8. The summed E-state index contributed by atoms with van der Waals surface area (Å²) >= 11 is 6.27.